The van der Waals surface area contributed by atoms with Crippen LogP contribution in [0.4, 0.5) is 5.82 Å². The Labute approximate surface area is 147 Å². The molecule has 0 aliphatic carbocycles. The molecule has 0 saturated heterocycles. The van der Waals surface area contributed by atoms with Crippen LogP contribution in [-0.2, 0) is 0 Å². The van der Waals surface area contributed by atoms with E-state index >= 15 is 0 Å². The van der Waals surface area contributed by atoms with Crippen LogP contribution in [0.15, 0.2) is 24.3 Å². The SMILES string of the molecule is CCCNc1cc(C)nc2c(-c3ccc(OC)c(OC)c3)c(C)nn12. The molecule has 0 spiro atoms. The fourth-order valence-electron chi connectivity index (χ4n) is 2.95. The summed E-state index contributed by atoms with van der Waals surface area (Å²) < 4.78 is 12.7. The summed E-state index contributed by atoms with van der Waals surface area (Å²) in [7, 11) is 3.27. The van der Waals surface area contributed by atoms with E-state index in [0.29, 0.717) is 11.5 Å². The topological polar surface area (TPSA) is 60.7 Å². The van der Waals surface area contributed by atoms with Crippen molar-refractivity contribution in [3.05, 3.63) is 35.7 Å². The predicted molar refractivity (Wildman–Crippen MR) is 99.8 cm³/mol. The average molecular weight is 340 g/mol. The first-order valence-electron chi connectivity index (χ1n) is 8.42. The fourth-order valence-corrected chi connectivity index (χ4v) is 2.95. The van der Waals surface area contributed by atoms with Gasteiger partial charge in [0.15, 0.2) is 17.1 Å². The second-order valence-electron chi connectivity index (χ2n) is 5.98. The summed E-state index contributed by atoms with van der Waals surface area (Å²) in [4.78, 5) is 4.73. The number of fused-ring (bicyclic) bond motifs is 1. The smallest absolute Gasteiger partial charge is 0.165 e. The summed E-state index contributed by atoms with van der Waals surface area (Å²) in [6.45, 7) is 7.03. The highest BCUT2D eigenvalue weighted by atomic mass is 16.5. The summed E-state index contributed by atoms with van der Waals surface area (Å²) >= 11 is 0. The van der Waals surface area contributed by atoms with Crippen LogP contribution < -0.4 is 14.8 Å². The van der Waals surface area contributed by atoms with Gasteiger partial charge in [-0.3, -0.25) is 0 Å². The van der Waals surface area contributed by atoms with Crippen molar-refractivity contribution in [3.8, 4) is 22.6 Å². The number of aryl methyl sites for hydroxylation is 2. The van der Waals surface area contributed by atoms with Gasteiger partial charge in [-0.15, -0.1) is 0 Å². The lowest BCUT2D eigenvalue weighted by molar-refractivity contribution is 0.355. The van der Waals surface area contributed by atoms with Crippen molar-refractivity contribution >= 4 is 11.5 Å². The molecule has 0 amide bonds. The number of rotatable bonds is 6. The molecule has 0 fully saturated rings. The molecule has 2 heterocycles. The van der Waals surface area contributed by atoms with Crippen molar-refractivity contribution in [1.82, 2.24) is 14.6 Å². The Morgan fingerprint density at radius 3 is 2.52 bits per heavy atom. The van der Waals surface area contributed by atoms with Crippen molar-refractivity contribution in [2.24, 2.45) is 0 Å². The molecule has 1 N–H and O–H groups in total. The number of aromatic nitrogens is 3. The minimum atomic E-state index is 0.690. The third-order valence-corrected chi connectivity index (χ3v) is 4.12. The molecular weight excluding hydrogens is 316 g/mol. The van der Waals surface area contributed by atoms with Gasteiger partial charge in [0.25, 0.3) is 0 Å². The molecule has 0 aliphatic heterocycles. The molecular formula is C19H24N4O2. The molecule has 132 valence electrons. The van der Waals surface area contributed by atoms with Crippen LogP contribution in [-0.4, -0.2) is 35.4 Å². The van der Waals surface area contributed by atoms with E-state index < -0.39 is 0 Å². The molecule has 2 aromatic heterocycles. The van der Waals surface area contributed by atoms with E-state index in [2.05, 4.69) is 12.2 Å². The Balaban J connectivity index is 2.20. The minimum Gasteiger partial charge on any atom is -0.493 e. The fraction of sp³-hybridized carbons (Fsp3) is 0.368. The highest BCUT2D eigenvalue weighted by Gasteiger charge is 2.17. The number of methoxy groups -OCH3 is 2. The molecule has 0 aliphatic rings. The zero-order chi connectivity index (χ0) is 18.0. The highest BCUT2D eigenvalue weighted by molar-refractivity contribution is 5.82. The zero-order valence-electron chi connectivity index (χ0n) is 15.4. The Morgan fingerprint density at radius 1 is 1.08 bits per heavy atom. The molecule has 6 heteroatoms. The number of hydrogen-bond donors (Lipinski definition) is 1. The van der Waals surface area contributed by atoms with Gasteiger partial charge in [0, 0.05) is 23.9 Å². The second-order valence-corrected chi connectivity index (χ2v) is 5.98. The van der Waals surface area contributed by atoms with Gasteiger partial charge in [-0.25, -0.2) is 4.98 Å². The van der Waals surface area contributed by atoms with Crippen molar-refractivity contribution in [3.63, 3.8) is 0 Å². The molecule has 0 saturated carbocycles. The van der Waals surface area contributed by atoms with Crippen molar-refractivity contribution < 1.29 is 9.47 Å². The number of ether oxygens (including phenoxy) is 2. The van der Waals surface area contributed by atoms with E-state index in [4.69, 9.17) is 19.6 Å². The van der Waals surface area contributed by atoms with Crippen molar-refractivity contribution in [2.45, 2.75) is 27.2 Å². The van der Waals surface area contributed by atoms with Crippen LogP contribution in [0, 0.1) is 13.8 Å². The van der Waals surface area contributed by atoms with Gasteiger partial charge in [0.05, 0.1) is 19.9 Å². The first-order chi connectivity index (χ1) is 12.1. The minimum absolute atomic E-state index is 0.690. The lowest BCUT2D eigenvalue weighted by Gasteiger charge is -2.10. The lowest BCUT2D eigenvalue weighted by atomic mass is 10.1. The molecule has 3 rings (SSSR count). The number of anilines is 1. The first-order valence-corrected chi connectivity index (χ1v) is 8.42. The number of benzene rings is 1. The van der Waals surface area contributed by atoms with Gasteiger partial charge in [0.2, 0.25) is 0 Å². The van der Waals surface area contributed by atoms with E-state index in [1.54, 1.807) is 14.2 Å². The van der Waals surface area contributed by atoms with E-state index in [0.717, 1.165) is 46.9 Å². The van der Waals surface area contributed by atoms with Crippen LogP contribution in [0.5, 0.6) is 11.5 Å². The molecule has 3 aromatic rings. The summed E-state index contributed by atoms with van der Waals surface area (Å²) in [5, 5.41) is 8.13. The molecule has 1 aromatic carbocycles. The summed E-state index contributed by atoms with van der Waals surface area (Å²) in [6, 6.07) is 7.90. The largest absolute Gasteiger partial charge is 0.493 e. The molecule has 0 atom stereocenters. The van der Waals surface area contributed by atoms with Crippen LogP contribution in [0.1, 0.15) is 24.7 Å². The molecule has 6 nitrogen and oxygen atoms in total. The maximum absolute atomic E-state index is 5.44. The van der Waals surface area contributed by atoms with Crippen LogP contribution in [0.3, 0.4) is 0 Å². The molecule has 0 bridgehead atoms. The molecule has 0 radical (unpaired) electrons. The quantitative estimate of drug-likeness (QED) is 0.738. The molecule has 0 unspecified atom stereocenters. The van der Waals surface area contributed by atoms with Gasteiger partial charge in [0.1, 0.15) is 5.82 Å². The third-order valence-electron chi connectivity index (χ3n) is 4.12. The van der Waals surface area contributed by atoms with Crippen LogP contribution in [0.25, 0.3) is 16.8 Å². The summed E-state index contributed by atoms with van der Waals surface area (Å²) in [5.41, 5.74) is 4.72. The Morgan fingerprint density at radius 2 is 1.84 bits per heavy atom. The van der Waals surface area contributed by atoms with Crippen LogP contribution >= 0.6 is 0 Å². The zero-order valence-corrected chi connectivity index (χ0v) is 15.4. The monoisotopic (exact) mass is 340 g/mol. The van der Waals surface area contributed by atoms with Crippen LogP contribution in [0.2, 0.25) is 0 Å². The Hall–Kier alpha value is -2.76. The summed E-state index contributed by atoms with van der Waals surface area (Å²) in [5.74, 6) is 2.35. The van der Waals surface area contributed by atoms with Gasteiger partial charge in [-0.2, -0.15) is 9.61 Å². The second kappa shape index (κ2) is 7.01. The number of hydrogen-bond acceptors (Lipinski definition) is 5. The van der Waals surface area contributed by atoms with Crippen molar-refractivity contribution in [2.75, 3.05) is 26.1 Å². The number of nitrogens with one attached hydrogen (secondary N) is 1. The Bertz CT molecular complexity index is 902. The normalized spacial score (nSPS) is 10.9. The Kier molecular flexibility index (Phi) is 4.79. The third kappa shape index (κ3) is 3.12. The van der Waals surface area contributed by atoms with E-state index in [9.17, 15) is 0 Å². The number of nitrogens with zero attached hydrogens (tertiary/aromatic N) is 3. The van der Waals surface area contributed by atoms with Crippen molar-refractivity contribution in [1.29, 1.82) is 0 Å². The lowest BCUT2D eigenvalue weighted by Crippen LogP contribution is -2.07. The standard InChI is InChI=1S/C19H24N4O2/c1-6-9-20-17-10-12(2)21-19-18(13(3)22-23(17)19)14-7-8-15(24-4)16(11-14)25-5/h7-8,10-11,20H,6,9H2,1-5H3. The van der Waals surface area contributed by atoms with E-state index in [-0.39, 0.29) is 0 Å². The van der Waals surface area contributed by atoms with Gasteiger partial charge < -0.3 is 14.8 Å². The van der Waals surface area contributed by atoms with Gasteiger partial charge in [-0.1, -0.05) is 13.0 Å². The van der Waals surface area contributed by atoms with E-state index in [1.807, 2.05) is 42.6 Å². The first kappa shape index (κ1) is 17.1. The highest BCUT2D eigenvalue weighted by Crippen LogP contribution is 2.35. The molecule has 25 heavy (non-hydrogen) atoms. The van der Waals surface area contributed by atoms with Gasteiger partial charge in [-0.05, 0) is 38.0 Å². The van der Waals surface area contributed by atoms with Gasteiger partial charge >= 0.3 is 0 Å². The maximum atomic E-state index is 5.44. The van der Waals surface area contributed by atoms with E-state index in [1.165, 1.54) is 0 Å². The summed E-state index contributed by atoms with van der Waals surface area (Å²) in [6.07, 6.45) is 1.05. The predicted octanol–water partition coefficient (Wildman–Crippen LogP) is 3.85. The maximum Gasteiger partial charge on any atom is 0.165 e. The average Bonchev–Trinajstić information content (AvgIpc) is 2.94.